The number of thioether (sulfide) groups is 1. The summed E-state index contributed by atoms with van der Waals surface area (Å²) in [5, 5.41) is 16.9. The van der Waals surface area contributed by atoms with Crippen LogP contribution in [0.4, 0.5) is 0 Å². The van der Waals surface area contributed by atoms with E-state index in [4.69, 9.17) is 10.2 Å². The van der Waals surface area contributed by atoms with Crippen LogP contribution in [0.1, 0.15) is 44.7 Å². The van der Waals surface area contributed by atoms with E-state index in [0.29, 0.717) is 18.1 Å². The first-order valence-corrected chi connectivity index (χ1v) is 10.9. The molecule has 3 aliphatic heterocycles. The van der Waals surface area contributed by atoms with E-state index in [2.05, 4.69) is 27.5 Å². The standard InChI is InChI=1S/C14H23N3S2.C4H4O4/c1-10(2)5-8-18-14-13(15-19-16-14)12-9-17-6-3-11(12)4-7-17;5-3(6)1-2-4(7)8/h10-12H,3-9H2,1-2H3;1-2H,(H,5,6)(H,7,8). The molecule has 3 saturated heterocycles. The maximum atomic E-state index is 9.55. The third kappa shape index (κ3) is 7.23. The van der Waals surface area contributed by atoms with Gasteiger partial charge in [-0.15, -0.1) is 11.8 Å². The van der Waals surface area contributed by atoms with Crippen molar-refractivity contribution < 1.29 is 19.8 Å². The molecule has 2 bridgehead atoms. The average molecular weight is 414 g/mol. The third-order valence-electron chi connectivity index (χ3n) is 4.79. The van der Waals surface area contributed by atoms with Gasteiger partial charge in [-0.1, -0.05) is 13.8 Å². The molecule has 1 aromatic heterocycles. The predicted molar refractivity (Wildman–Crippen MR) is 106 cm³/mol. The second-order valence-corrected chi connectivity index (χ2v) is 8.85. The topological polar surface area (TPSA) is 104 Å². The first-order chi connectivity index (χ1) is 12.9. The van der Waals surface area contributed by atoms with Crippen molar-refractivity contribution in [2.75, 3.05) is 25.4 Å². The zero-order chi connectivity index (χ0) is 19.8. The molecule has 3 aliphatic rings. The van der Waals surface area contributed by atoms with Crippen LogP contribution in [-0.4, -0.2) is 61.2 Å². The van der Waals surface area contributed by atoms with Gasteiger partial charge in [-0.3, -0.25) is 0 Å². The van der Waals surface area contributed by atoms with Gasteiger partial charge in [-0.25, -0.2) is 9.59 Å². The Morgan fingerprint density at radius 3 is 2.33 bits per heavy atom. The highest BCUT2D eigenvalue weighted by molar-refractivity contribution is 7.99. The zero-order valence-electron chi connectivity index (χ0n) is 15.7. The van der Waals surface area contributed by atoms with Crippen LogP contribution < -0.4 is 0 Å². The van der Waals surface area contributed by atoms with Crippen LogP contribution in [0.15, 0.2) is 17.2 Å². The van der Waals surface area contributed by atoms with Gasteiger partial charge in [0.1, 0.15) is 5.03 Å². The predicted octanol–water partition coefficient (Wildman–Crippen LogP) is 3.20. The van der Waals surface area contributed by atoms with Gasteiger partial charge in [0.15, 0.2) is 0 Å². The summed E-state index contributed by atoms with van der Waals surface area (Å²) in [6, 6.07) is 0. The molecule has 7 nitrogen and oxygen atoms in total. The summed E-state index contributed by atoms with van der Waals surface area (Å²) in [6.45, 7) is 8.39. The molecule has 3 fully saturated rings. The van der Waals surface area contributed by atoms with E-state index >= 15 is 0 Å². The molecule has 27 heavy (non-hydrogen) atoms. The zero-order valence-corrected chi connectivity index (χ0v) is 17.3. The fraction of sp³-hybridized carbons (Fsp3) is 0.667. The number of aromatic nitrogens is 2. The molecule has 2 N–H and O–H groups in total. The fourth-order valence-corrected chi connectivity index (χ4v) is 5.34. The molecule has 0 spiro atoms. The number of piperidine rings is 3. The Labute approximate surface area is 168 Å². The lowest BCUT2D eigenvalue weighted by molar-refractivity contribution is -0.134. The lowest BCUT2D eigenvalue weighted by Crippen LogP contribution is -2.46. The monoisotopic (exact) mass is 413 g/mol. The molecule has 150 valence electrons. The Bertz CT molecular complexity index is 639. The molecule has 0 aliphatic carbocycles. The molecule has 1 aromatic rings. The normalized spacial score (nSPS) is 24.0. The maximum absolute atomic E-state index is 9.55. The highest BCUT2D eigenvalue weighted by Gasteiger charge is 2.37. The van der Waals surface area contributed by atoms with Crippen molar-refractivity contribution in [2.24, 2.45) is 11.8 Å². The number of hydrogen-bond acceptors (Lipinski definition) is 7. The smallest absolute Gasteiger partial charge is 0.328 e. The Morgan fingerprint density at radius 1 is 1.22 bits per heavy atom. The van der Waals surface area contributed by atoms with Crippen LogP contribution >= 0.6 is 23.5 Å². The molecule has 0 aromatic carbocycles. The van der Waals surface area contributed by atoms with E-state index in [0.717, 1.165) is 11.8 Å². The molecular weight excluding hydrogens is 386 g/mol. The van der Waals surface area contributed by atoms with Crippen molar-refractivity contribution in [2.45, 2.75) is 44.1 Å². The second-order valence-electron chi connectivity index (χ2n) is 7.24. The average Bonchev–Trinajstić information content (AvgIpc) is 3.09. The number of carbonyl (C=O) groups is 2. The largest absolute Gasteiger partial charge is 0.478 e. The summed E-state index contributed by atoms with van der Waals surface area (Å²) in [5.74, 6) is 0.956. The van der Waals surface area contributed by atoms with Crippen molar-refractivity contribution in [3.8, 4) is 0 Å². The minimum atomic E-state index is -1.26. The van der Waals surface area contributed by atoms with Crippen molar-refractivity contribution >= 4 is 35.4 Å². The lowest BCUT2D eigenvalue weighted by atomic mass is 9.78. The molecule has 9 heteroatoms. The highest BCUT2D eigenvalue weighted by Crippen LogP contribution is 2.41. The van der Waals surface area contributed by atoms with E-state index in [1.54, 1.807) is 0 Å². The number of fused-ring (bicyclic) bond motifs is 3. The quantitative estimate of drug-likeness (QED) is 0.519. The maximum Gasteiger partial charge on any atom is 0.328 e. The summed E-state index contributed by atoms with van der Waals surface area (Å²) >= 11 is 3.33. The molecule has 0 amide bonds. The van der Waals surface area contributed by atoms with E-state index in [-0.39, 0.29) is 0 Å². The van der Waals surface area contributed by atoms with Gasteiger partial charge in [0, 0.05) is 24.6 Å². The Morgan fingerprint density at radius 2 is 1.85 bits per heavy atom. The minimum Gasteiger partial charge on any atom is -0.478 e. The second kappa shape index (κ2) is 10.8. The van der Waals surface area contributed by atoms with E-state index in [1.807, 2.05) is 11.8 Å². The van der Waals surface area contributed by atoms with Gasteiger partial charge in [-0.2, -0.15) is 8.75 Å². The van der Waals surface area contributed by atoms with Gasteiger partial charge >= 0.3 is 11.9 Å². The minimum absolute atomic E-state index is 0.558. The summed E-state index contributed by atoms with van der Waals surface area (Å²) in [4.78, 5) is 21.7. The van der Waals surface area contributed by atoms with Gasteiger partial charge in [0.05, 0.1) is 17.4 Å². The molecule has 1 unspecified atom stereocenters. The molecule has 1 atom stereocenters. The number of carboxylic acids is 2. The van der Waals surface area contributed by atoms with Gasteiger partial charge in [0.25, 0.3) is 0 Å². The molecule has 0 saturated carbocycles. The number of nitrogens with zero attached hydrogens (tertiary/aromatic N) is 3. The number of hydrogen-bond donors (Lipinski definition) is 2. The van der Waals surface area contributed by atoms with E-state index in [9.17, 15) is 9.59 Å². The van der Waals surface area contributed by atoms with Gasteiger partial charge in [-0.05, 0) is 49.9 Å². The van der Waals surface area contributed by atoms with Gasteiger partial charge in [0.2, 0.25) is 0 Å². The number of carboxylic acid groups (broad SMARTS) is 2. The summed E-state index contributed by atoms with van der Waals surface area (Å²) in [5.41, 5.74) is 1.31. The van der Waals surface area contributed by atoms with Crippen molar-refractivity contribution in [1.82, 2.24) is 13.6 Å². The van der Waals surface area contributed by atoms with E-state index in [1.165, 1.54) is 67.1 Å². The first-order valence-electron chi connectivity index (χ1n) is 9.18. The first kappa shape index (κ1) is 21.8. The SMILES string of the molecule is CC(C)CCSc1nsnc1C1CN2CCC1CC2.O=C(O)C=CC(=O)O. The van der Waals surface area contributed by atoms with E-state index < -0.39 is 11.9 Å². The number of rotatable bonds is 7. The highest BCUT2D eigenvalue weighted by atomic mass is 32.2. The van der Waals surface area contributed by atoms with Crippen LogP contribution in [-0.2, 0) is 9.59 Å². The Kier molecular flexibility index (Phi) is 8.72. The van der Waals surface area contributed by atoms with Crippen LogP contribution in [0, 0.1) is 11.8 Å². The summed E-state index contributed by atoms with van der Waals surface area (Å²) in [7, 11) is 0. The Hall–Kier alpha value is -1.45. The van der Waals surface area contributed by atoms with Crippen LogP contribution in [0.2, 0.25) is 0 Å². The molecule has 4 heterocycles. The van der Waals surface area contributed by atoms with Crippen LogP contribution in [0.3, 0.4) is 0 Å². The van der Waals surface area contributed by atoms with Gasteiger partial charge < -0.3 is 15.1 Å². The summed E-state index contributed by atoms with van der Waals surface area (Å²) < 4.78 is 9.19. The number of aliphatic carboxylic acids is 2. The molecular formula is C18H27N3O4S2. The van der Waals surface area contributed by atoms with Crippen LogP contribution in [0.5, 0.6) is 0 Å². The molecule has 4 rings (SSSR count). The third-order valence-corrected chi connectivity index (χ3v) is 6.46. The Balaban J connectivity index is 0.000000279. The van der Waals surface area contributed by atoms with Crippen molar-refractivity contribution in [3.05, 3.63) is 17.8 Å². The summed E-state index contributed by atoms with van der Waals surface area (Å²) in [6.07, 6.45) is 5.10. The van der Waals surface area contributed by atoms with Crippen molar-refractivity contribution in [3.63, 3.8) is 0 Å². The van der Waals surface area contributed by atoms with Crippen LogP contribution in [0.25, 0.3) is 0 Å². The fourth-order valence-electron chi connectivity index (χ4n) is 3.32. The lowest BCUT2D eigenvalue weighted by Gasteiger charge is -2.44. The van der Waals surface area contributed by atoms with Crippen molar-refractivity contribution in [1.29, 1.82) is 0 Å². The molecule has 0 radical (unpaired) electrons.